The Hall–Kier alpha value is -0.770. The molecule has 1 saturated carbocycles. The highest BCUT2D eigenvalue weighted by molar-refractivity contribution is 5.67. The van der Waals surface area contributed by atoms with Crippen LogP contribution in [-0.4, -0.2) is 23.8 Å². The van der Waals surface area contributed by atoms with Gasteiger partial charge in [0.25, 0.3) is 0 Å². The summed E-state index contributed by atoms with van der Waals surface area (Å²) in [5, 5.41) is 2.71. The number of alkyl carbamates (subject to hydrolysis) is 1. The summed E-state index contributed by atoms with van der Waals surface area (Å²) in [5.74, 6) is 0.549. The summed E-state index contributed by atoms with van der Waals surface area (Å²) in [6, 6.07) is 0. The Morgan fingerprint density at radius 3 is 2.33 bits per heavy atom. The van der Waals surface area contributed by atoms with Gasteiger partial charge in [0.2, 0.25) is 0 Å². The van der Waals surface area contributed by atoms with Crippen LogP contribution in [0.25, 0.3) is 0 Å². The summed E-state index contributed by atoms with van der Waals surface area (Å²) in [4.78, 5) is 11.4. The molecule has 15 heavy (non-hydrogen) atoms. The molecule has 0 spiro atoms. The molecule has 1 rings (SSSR count). The number of hydrogen-bond acceptors (Lipinski definition) is 3. The predicted molar refractivity (Wildman–Crippen MR) is 59.6 cm³/mol. The lowest BCUT2D eigenvalue weighted by atomic mass is 9.98. The normalized spacial score (nSPS) is 20.6. The third kappa shape index (κ3) is 4.51. The SMILES string of the molecule is CC(C)(C)OC(=O)NC[C@@](C)(N)C1CC1. The van der Waals surface area contributed by atoms with E-state index in [0.29, 0.717) is 12.5 Å². The van der Waals surface area contributed by atoms with Crippen LogP contribution in [0.15, 0.2) is 0 Å². The number of carbonyl (C=O) groups is 1. The Morgan fingerprint density at radius 1 is 1.40 bits per heavy atom. The smallest absolute Gasteiger partial charge is 0.407 e. The van der Waals surface area contributed by atoms with Crippen LogP contribution in [-0.2, 0) is 4.74 Å². The summed E-state index contributed by atoms with van der Waals surface area (Å²) in [6.45, 7) is 7.98. The van der Waals surface area contributed by atoms with Gasteiger partial charge in [0.15, 0.2) is 0 Å². The lowest BCUT2D eigenvalue weighted by Crippen LogP contribution is -2.50. The lowest BCUT2D eigenvalue weighted by molar-refractivity contribution is 0.0514. The van der Waals surface area contributed by atoms with E-state index in [0.717, 1.165) is 0 Å². The molecule has 1 amide bonds. The predicted octanol–water partition coefficient (Wildman–Crippen LogP) is 1.64. The van der Waals surface area contributed by atoms with Crippen molar-refractivity contribution in [2.24, 2.45) is 11.7 Å². The largest absolute Gasteiger partial charge is 0.444 e. The zero-order valence-corrected chi connectivity index (χ0v) is 10.1. The zero-order valence-electron chi connectivity index (χ0n) is 10.1. The number of hydrogen-bond donors (Lipinski definition) is 2. The Bertz CT molecular complexity index is 239. The molecule has 4 nitrogen and oxygen atoms in total. The summed E-state index contributed by atoms with van der Waals surface area (Å²) >= 11 is 0. The molecule has 0 unspecified atom stereocenters. The van der Waals surface area contributed by atoms with Crippen molar-refractivity contribution in [2.45, 2.75) is 51.7 Å². The molecule has 0 saturated heterocycles. The van der Waals surface area contributed by atoms with Gasteiger partial charge in [-0.2, -0.15) is 0 Å². The van der Waals surface area contributed by atoms with E-state index in [2.05, 4.69) is 5.32 Å². The van der Waals surface area contributed by atoms with Crippen LogP contribution in [0.4, 0.5) is 4.79 Å². The molecule has 1 aliphatic rings. The second-order valence-electron chi connectivity index (χ2n) is 5.64. The van der Waals surface area contributed by atoms with E-state index in [1.807, 2.05) is 27.7 Å². The van der Waals surface area contributed by atoms with Crippen LogP contribution in [0.3, 0.4) is 0 Å². The number of ether oxygens (including phenoxy) is 1. The molecule has 0 aliphatic heterocycles. The van der Waals surface area contributed by atoms with E-state index < -0.39 is 5.60 Å². The minimum Gasteiger partial charge on any atom is -0.444 e. The molecule has 0 aromatic heterocycles. The van der Waals surface area contributed by atoms with Crippen molar-refractivity contribution < 1.29 is 9.53 Å². The highest BCUT2D eigenvalue weighted by Gasteiger charge is 2.38. The molecular formula is C11H22N2O2. The standard InChI is InChI=1S/C11H22N2O2/c1-10(2,3)15-9(14)13-7-11(4,12)8-5-6-8/h8H,5-7,12H2,1-4H3,(H,13,14)/t11-/m1/s1. The molecule has 0 aromatic rings. The first-order valence-corrected chi connectivity index (χ1v) is 5.46. The van der Waals surface area contributed by atoms with E-state index in [-0.39, 0.29) is 11.6 Å². The highest BCUT2D eigenvalue weighted by atomic mass is 16.6. The fourth-order valence-electron chi connectivity index (χ4n) is 1.46. The van der Waals surface area contributed by atoms with E-state index in [1.165, 1.54) is 12.8 Å². The summed E-state index contributed by atoms with van der Waals surface area (Å²) in [5.41, 5.74) is 5.32. The van der Waals surface area contributed by atoms with Gasteiger partial charge in [-0.05, 0) is 46.5 Å². The van der Waals surface area contributed by atoms with Crippen LogP contribution in [0.2, 0.25) is 0 Å². The van der Waals surface area contributed by atoms with Gasteiger partial charge in [0.05, 0.1) is 0 Å². The zero-order chi connectivity index (χ0) is 11.7. The molecule has 0 bridgehead atoms. The summed E-state index contributed by atoms with van der Waals surface area (Å²) < 4.78 is 5.13. The number of amides is 1. The second-order valence-corrected chi connectivity index (χ2v) is 5.64. The quantitative estimate of drug-likeness (QED) is 0.750. The van der Waals surface area contributed by atoms with Gasteiger partial charge >= 0.3 is 6.09 Å². The summed E-state index contributed by atoms with van der Waals surface area (Å²) in [6.07, 6.45) is 1.95. The average Bonchev–Trinajstić information content (AvgIpc) is 2.79. The summed E-state index contributed by atoms with van der Waals surface area (Å²) in [7, 11) is 0. The molecule has 88 valence electrons. The molecule has 1 atom stereocenters. The van der Waals surface area contributed by atoms with Crippen molar-refractivity contribution in [1.82, 2.24) is 5.32 Å². The van der Waals surface area contributed by atoms with Gasteiger partial charge in [-0.3, -0.25) is 0 Å². The Labute approximate surface area is 91.5 Å². The molecular weight excluding hydrogens is 192 g/mol. The molecule has 0 heterocycles. The third-order valence-electron chi connectivity index (χ3n) is 2.52. The Balaban J connectivity index is 2.27. The first-order valence-electron chi connectivity index (χ1n) is 5.46. The van der Waals surface area contributed by atoms with Crippen molar-refractivity contribution in [3.05, 3.63) is 0 Å². The Kier molecular flexibility index (Phi) is 3.28. The van der Waals surface area contributed by atoms with Crippen molar-refractivity contribution in [3.63, 3.8) is 0 Å². The molecule has 0 radical (unpaired) electrons. The van der Waals surface area contributed by atoms with Crippen LogP contribution in [0.1, 0.15) is 40.5 Å². The van der Waals surface area contributed by atoms with Crippen molar-refractivity contribution in [2.75, 3.05) is 6.54 Å². The van der Waals surface area contributed by atoms with Crippen LogP contribution in [0, 0.1) is 5.92 Å². The third-order valence-corrected chi connectivity index (χ3v) is 2.52. The minimum absolute atomic E-state index is 0.295. The van der Waals surface area contributed by atoms with Crippen LogP contribution in [0.5, 0.6) is 0 Å². The van der Waals surface area contributed by atoms with Crippen LogP contribution >= 0.6 is 0 Å². The maximum Gasteiger partial charge on any atom is 0.407 e. The molecule has 0 aromatic carbocycles. The van der Waals surface area contributed by atoms with E-state index in [4.69, 9.17) is 10.5 Å². The number of rotatable bonds is 3. The number of nitrogens with one attached hydrogen (secondary N) is 1. The van der Waals surface area contributed by atoms with E-state index in [9.17, 15) is 4.79 Å². The number of nitrogens with two attached hydrogens (primary N) is 1. The maximum absolute atomic E-state index is 11.4. The maximum atomic E-state index is 11.4. The molecule has 1 aliphatic carbocycles. The molecule has 1 fully saturated rings. The van der Waals surface area contributed by atoms with Gasteiger partial charge in [0, 0.05) is 12.1 Å². The van der Waals surface area contributed by atoms with Crippen LogP contribution < -0.4 is 11.1 Å². The van der Waals surface area contributed by atoms with Gasteiger partial charge in [0.1, 0.15) is 5.60 Å². The first-order chi connectivity index (χ1) is 6.71. The average molecular weight is 214 g/mol. The molecule has 3 N–H and O–H groups in total. The van der Waals surface area contributed by atoms with Gasteiger partial charge in [-0.1, -0.05) is 0 Å². The van der Waals surface area contributed by atoms with Crippen molar-refractivity contribution in [3.8, 4) is 0 Å². The highest BCUT2D eigenvalue weighted by Crippen LogP contribution is 2.37. The van der Waals surface area contributed by atoms with Crippen molar-refractivity contribution in [1.29, 1.82) is 0 Å². The van der Waals surface area contributed by atoms with E-state index in [1.54, 1.807) is 0 Å². The lowest BCUT2D eigenvalue weighted by Gasteiger charge is -2.26. The fraction of sp³-hybridized carbons (Fsp3) is 0.909. The minimum atomic E-state index is -0.450. The van der Waals surface area contributed by atoms with Crippen molar-refractivity contribution >= 4 is 6.09 Å². The van der Waals surface area contributed by atoms with Gasteiger partial charge in [-0.25, -0.2) is 4.79 Å². The molecule has 4 heteroatoms. The van der Waals surface area contributed by atoms with Gasteiger partial charge in [-0.15, -0.1) is 0 Å². The van der Waals surface area contributed by atoms with E-state index >= 15 is 0 Å². The fourth-order valence-corrected chi connectivity index (χ4v) is 1.46. The Morgan fingerprint density at radius 2 is 1.93 bits per heavy atom. The van der Waals surface area contributed by atoms with Gasteiger partial charge < -0.3 is 15.8 Å². The first kappa shape index (κ1) is 12.3. The topological polar surface area (TPSA) is 64.3 Å². The second kappa shape index (κ2) is 4.00. The monoisotopic (exact) mass is 214 g/mol. The number of carbonyl (C=O) groups excluding carboxylic acids is 1.